The van der Waals surface area contributed by atoms with E-state index in [2.05, 4.69) is 10.3 Å². The molecule has 0 radical (unpaired) electrons. The monoisotopic (exact) mass is 269 g/mol. The minimum Gasteiger partial charge on any atom is -0.399 e. The van der Waals surface area contributed by atoms with Crippen LogP contribution in [0, 0.1) is 0 Å². The molecule has 0 amide bonds. The molecular formula is C11H15N3OS2. The van der Waals surface area contributed by atoms with Gasteiger partial charge >= 0.3 is 0 Å². The first kappa shape index (κ1) is 12.3. The lowest BCUT2D eigenvalue weighted by Crippen LogP contribution is -2.11. The zero-order valence-corrected chi connectivity index (χ0v) is 11.2. The molecule has 4 nitrogen and oxygen atoms in total. The maximum absolute atomic E-state index is 11.3. The van der Waals surface area contributed by atoms with Gasteiger partial charge in [0.1, 0.15) is 0 Å². The minimum absolute atomic E-state index is 0.661. The summed E-state index contributed by atoms with van der Waals surface area (Å²) in [5.74, 6) is 1.37. The van der Waals surface area contributed by atoms with Crippen molar-refractivity contribution in [2.75, 3.05) is 29.1 Å². The molecule has 1 aromatic carbocycles. The average molecular weight is 269 g/mol. The lowest BCUT2D eigenvalue weighted by atomic mass is 10.3. The van der Waals surface area contributed by atoms with Crippen LogP contribution in [0.25, 0.3) is 10.2 Å². The van der Waals surface area contributed by atoms with Gasteiger partial charge in [-0.3, -0.25) is 4.21 Å². The Hall–Kier alpha value is -1.14. The van der Waals surface area contributed by atoms with E-state index in [1.807, 2.05) is 25.1 Å². The fraction of sp³-hybridized carbons (Fsp3) is 0.364. The molecule has 2 rings (SSSR count). The minimum atomic E-state index is -0.728. The van der Waals surface area contributed by atoms with Crippen LogP contribution in [0.5, 0.6) is 0 Å². The largest absolute Gasteiger partial charge is 0.399 e. The highest BCUT2D eigenvalue weighted by Crippen LogP contribution is 2.27. The van der Waals surface area contributed by atoms with E-state index in [4.69, 9.17) is 5.73 Å². The third-order valence-electron chi connectivity index (χ3n) is 2.34. The maximum Gasteiger partial charge on any atom is 0.183 e. The van der Waals surface area contributed by atoms with E-state index >= 15 is 0 Å². The highest BCUT2D eigenvalue weighted by Gasteiger charge is 2.04. The van der Waals surface area contributed by atoms with E-state index in [0.29, 0.717) is 18.1 Å². The second kappa shape index (κ2) is 5.46. The summed E-state index contributed by atoms with van der Waals surface area (Å²) in [6.45, 7) is 2.62. The van der Waals surface area contributed by atoms with Crippen molar-refractivity contribution in [1.82, 2.24) is 4.98 Å². The normalized spacial score (nSPS) is 12.8. The van der Waals surface area contributed by atoms with Gasteiger partial charge in [-0.15, -0.1) is 0 Å². The zero-order valence-electron chi connectivity index (χ0n) is 9.60. The molecule has 17 heavy (non-hydrogen) atoms. The second-order valence-corrected chi connectivity index (χ2v) is 6.50. The average Bonchev–Trinajstić information content (AvgIpc) is 2.70. The van der Waals surface area contributed by atoms with Crippen molar-refractivity contribution in [3.8, 4) is 0 Å². The number of nitrogen functional groups attached to an aromatic ring is 1. The fourth-order valence-corrected chi connectivity index (χ4v) is 2.99. The number of anilines is 2. The number of nitrogens with one attached hydrogen (secondary N) is 1. The third-order valence-corrected chi connectivity index (χ3v) is 4.62. The van der Waals surface area contributed by atoms with Crippen LogP contribution in [0.1, 0.15) is 6.92 Å². The van der Waals surface area contributed by atoms with Crippen molar-refractivity contribution in [1.29, 1.82) is 0 Å². The van der Waals surface area contributed by atoms with Gasteiger partial charge in [0.05, 0.1) is 10.2 Å². The molecule has 0 fully saturated rings. The molecule has 2 aromatic rings. The summed E-state index contributed by atoms with van der Waals surface area (Å²) in [5.41, 5.74) is 7.41. The Kier molecular flexibility index (Phi) is 3.96. The molecule has 0 aliphatic heterocycles. The van der Waals surface area contributed by atoms with Crippen molar-refractivity contribution < 1.29 is 4.21 Å². The van der Waals surface area contributed by atoms with E-state index in [9.17, 15) is 4.21 Å². The number of benzene rings is 1. The Morgan fingerprint density at radius 3 is 3.12 bits per heavy atom. The highest BCUT2D eigenvalue weighted by atomic mass is 32.2. The van der Waals surface area contributed by atoms with Gasteiger partial charge in [0, 0.05) is 34.5 Å². The molecule has 6 heteroatoms. The van der Waals surface area contributed by atoms with Crippen LogP contribution in [-0.2, 0) is 10.8 Å². The molecule has 0 aliphatic rings. The number of thiazole rings is 1. The van der Waals surface area contributed by atoms with Crippen LogP contribution in [0.2, 0.25) is 0 Å². The van der Waals surface area contributed by atoms with Crippen LogP contribution in [0.3, 0.4) is 0 Å². The Morgan fingerprint density at radius 1 is 1.53 bits per heavy atom. The van der Waals surface area contributed by atoms with Crippen LogP contribution in [0.4, 0.5) is 10.8 Å². The predicted molar refractivity (Wildman–Crippen MR) is 76.1 cm³/mol. The Balaban J connectivity index is 2.02. The third kappa shape index (κ3) is 3.17. The first-order valence-corrected chi connectivity index (χ1v) is 7.74. The van der Waals surface area contributed by atoms with Crippen LogP contribution in [0.15, 0.2) is 18.2 Å². The van der Waals surface area contributed by atoms with Crippen molar-refractivity contribution in [2.24, 2.45) is 0 Å². The van der Waals surface area contributed by atoms with Crippen molar-refractivity contribution in [3.05, 3.63) is 18.2 Å². The first-order chi connectivity index (χ1) is 8.19. The molecule has 0 bridgehead atoms. The molecule has 92 valence electrons. The number of aromatic nitrogens is 1. The van der Waals surface area contributed by atoms with Crippen LogP contribution >= 0.6 is 11.3 Å². The van der Waals surface area contributed by atoms with Gasteiger partial charge in [0.15, 0.2) is 5.13 Å². The summed E-state index contributed by atoms with van der Waals surface area (Å²) in [4.78, 5) is 4.43. The molecule has 1 heterocycles. The molecule has 1 atom stereocenters. The fourth-order valence-electron chi connectivity index (χ4n) is 1.43. The maximum atomic E-state index is 11.3. The lowest BCUT2D eigenvalue weighted by molar-refractivity contribution is 0.684. The van der Waals surface area contributed by atoms with Crippen LogP contribution < -0.4 is 11.1 Å². The highest BCUT2D eigenvalue weighted by molar-refractivity contribution is 7.84. The molecule has 0 aliphatic carbocycles. The lowest BCUT2D eigenvalue weighted by Gasteiger charge is -2.00. The molecule has 1 unspecified atom stereocenters. The van der Waals surface area contributed by atoms with Gasteiger partial charge in [-0.25, -0.2) is 4.98 Å². The van der Waals surface area contributed by atoms with E-state index in [1.165, 1.54) is 0 Å². The van der Waals surface area contributed by atoms with E-state index < -0.39 is 10.8 Å². The van der Waals surface area contributed by atoms with E-state index in [1.54, 1.807) is 11.3 Å². The van der Waals surface area contributed by atoms with Gasteiger partial charge in [-0.2, -0.15) is 0 Å². The Bertz CT molecular complexity index is 538. The van der Waals surface area contributed by atoms with Gasteiger partial charge in [0.2, 0.25) is 0 Å². The van der Waals surface area contributed by atoms with Crippen molar-refractivity contribution >= 4 is 43.2 Å². The SMILES string of the molecule is CCS(=O)CCNc1nc2ccc(N)cc2s1. The molecule has 3 N–H and O–H groups in total. The molecule has 0 saturated heterocycles. The summed E-state index contributed by atoms with van der Waals surface area (Å²) in [7, 11) is -0.728. The molecule has 0 saturated carbocycles. The van der Waals surface area contributed by atoms with E-state index in [-0.39, 0.29) is 0 Å². The summed E-state index contributed by atoms with van der Waals surface area (Å²) in [6.07, 6.45) is 0. The van der Waals surface area contributed by atoms with Gasteiger partial charge < -0.3 is 11.1 Å². The molecule has 1 aromatic heterocycles. The Morgan fingerprint density at radius 2 is 2.35 bits per heavy atom. The summed E-state index contributed by atoms with van der Waals surface area (Å²) >= 11 is 1.57. The zero-order chi connectivity index (χ0) is 12.3. The number of hydrogen-bond acceptors (Lipinski definition) is 5. The number of hydrogen-bond donors (Lipinski definition) is 2. The first-order valence-electron chi connectivity index (χ1n) is 5.44. The predicted octanol–water partition coefficient (Wildman–Crippen LogP) is 2.06. The number of rotatable bonds is 5. The smallest absolute Gasteiger partial charge is 0.183 e. The van der Waals surface area contributed by atoms with Gasteiger partial charge in [-0.1, -0.05) is 18.3 Å². The van der Waals surface area contributed by atoms with Gasteiger partial charge in [-0.05, 0) is 18.2 Å². The number of nitrogens with zero attached hydrogens (tertiary/aromatic N) is 1. The van der Waals surface area contributed by atoms with Crippen LogP contribution in [-0.4, -0.2) is 27.2 Å². The van der Waals surface area contributed by atoms with E-state index in [0.717, 1.165) is 21.0 Å². The number of nitrogens with two attached hydrogens (primary N) is 1. The quantitative estimate of drug-likeness (QED) is 0.815. The van der Waals surface area contributed by atoms with Crippen molar-refractivity contribution in [3.63, 3.8) is 0 Å². The summed E-state index contributed by atoms with van der Waals surface area (Å²) < 4.78 is 12.3. The standard InChI is InChI=1S/C11H15N3OS2/c1-2-17(15)6-5-13-11-14-9-4-3-8(12)7-10(9)16-11/h3-4,7H,2,5-6,12H2,1H3,(H,13,14). The molecule has 0 spiro atoms. The number of fused-ring (bicyclic) bond motifs is 1. The molecular weight excluding hydrogens is 254 g/mol. The topological polar surface area (TPSA) is 68.0 Å². The second-order valence-electron chi connectivity index (χ2n) is 3.61. The Labute approximate surface area is 107 Å². The summed E-state index contributed by atoms with van der Waals surface area (Å²) in [6, 6.07) is 5.68. The van der Waals surface area contributed by atoms with Gasteiger partial charge in [0.25, 0.3) is 0 Å². The van der Waals surface area contributed by atoms with Crippen molar-refractivity contribution in [2.45, 2.75) is 6.92 Å². The summed E-state index contributed by atoms with van der Waals surface area (Å²) in [5, 5.41) is 4.05.